The number of benzene rings is 1. The Morgan fingerprint density at radius 2 is 2.15 bits per heavy atom. The number of hydrogen-bond acceptors (Lipinski definition) is 4. The lowest BCUT2D eigenvalue weighted by Gasteiger charge is -2.11. The summed E-state index contributed by atoms with van der Waals surface area (Å²) in [6.07, 6.45) is 0. The van der Waals surface area contributed by atoms with Gasteiger partial charge in [-0.15, -0.1) is 0 Å². The quantitative estimate of drug-likeness (QED) is 0.867. The Hall–Kier alpha value is -1.47. The van der Waals surface area contributed by atoms with Crippen LogP contribution in [0.4, 0.5) is 8.78 Å². The Labute approximate surface area is 123 Å². The second-order valence-corrected chi connectivity index (χ2v) is 5.08. The van der Waals surface area contributed by atoms with Crippen LogP contribution in [0.2, 0.25) is 0 Å². The molecule has 0 saturated heterocycles. The Balaban J connectivity index is 1.98. The largest absolute Gasteiger partial charge is 0.434 e. The SMILES string of the molecule is Cc1cc(CNCc2cc(Br)ccc2OC(F)F)no1. The number of ether oxygens (including phenoxy) is 1. The molecule has 2 aromatic rings. The molecule has 0 fully saturated rings. The number of rotatable bonds is 6. The molecule has 20 heavy (non-hydrogen) atoms. The van der Waals surface area contributed by atoms with E-state index in [1.807, 2.05) is 6.07 Å². The molecule has 0 bridgehead atoms. The predicted octanol–water partition coefficient (Wildman–Crippen LogP) is 3.64. The van der Waals surface area contributed by atoms with Crippen molar-refractivity contribution in [3.63, 3.8) is 0 Å². The summed E-state index contributed by atoms with van der Waals surface area (Å²) in [5, 5.41) is 6.94. The molecule has 0 amide bonds. The topological polar surface area (TPSA) is 47.3 Å². The molecule has 0 spiro atoms. The molecule has 0 atom stereocenters. The summed E-state index contributed by atoms with van der Waals surface area (Å²) >= 11 is 3.30. The zero-order valence-corrected chi connectivity index (χ0v) is 12.3. The van der Waals surface area contributed by atoms with Gasteiger partial charge in [-0.3, -0.25) is 0 Å². The van der Waals surface area contributed by atoms with E-state index in [9.17, 15) is 8.78 Å². The summed E-state index contributed by atoms with van der Waals surface area (Å²) < 4.78 is 34.8. The van der Waals surface area contributed by atoms with Gasteiger partial charge in [0.05, 0.1) is 5.69 Å². The number of alkyl halides is 2. The Kier molecular flexibility index (Phi) is 5.08. The van der Waals surface area contributed by atoms with Crippen LogP contribution in [-0.2, 0) is 13.1 Å². The zero-order valence-electron chi connectivity index (χ0n) is 10.7. The van der Waals surface area contributed by atoms with E-state index < -0.39 is 6.61 Å². The fraction of sp³-hybridized carbons (Fsp3) is 0.308. The van der Waals surface area contributed by atoms with Gasteiger partial charge in [-0.05, 0) is 25.1 Å². The molecule has 0 aliphatic heterocycles. The summed E-state index contributed by atoms with van der Waals surface area (Å²) in [4.78, 5) is 0. The first-order chi connectivity index (χ1) is 9.54. The minimum Gasteiger partial charge on any atom is -0.434 e. The highest BCUT2D eigenvalue weighted by Gasteiger charge is 2.10. The Bertz CT molecular complexity index is 575. The van der Waals surface area contributed by atoms with Gasteiger partial charge in [-0.1, -0.05) is 21.1 Å². The molecular formula is C13H13BrF2N2O2. The molecule has 4 nitrogen and oxygen atoms in total. The van der Waals surface area contributed by atoms with Crippen LogP contribution in [0, 0.1) is 6.92 Å². The highest BCUT2D eigenvalue weighted by Crippen LogP contribution is 2.24. The van der Waals surface area contributed by atoms with Crippen LogP contribution >= 0.6 is 15.9 Å². The highest BCUT2D eigenvalue weighted by molar-refractivity contribution is 9.10. The van der Waals surface area contributed by atoms with E-state index in [1.165, 1.54) is 6.07 Å². The van der Waals surface area contributed by atoms with Gasteiger partial charge in [0.25, 0.3) is 0 Å². The third-order valence-corrected chi connectivity index (χ3v) is 3.03. The lowest BCUT2D eigenvalue weighted by molar-refractivity contribution is -0.0505. The normalized spacial score (nSPS) is 11.1. The van der Waals surface area contributed by atoms with Crippen molar-refractivity contribution in [3.05, 3.63) is 45.8 Å². The molecule has 7 heteroatoms. The molecule has 108 valence electrons. The van der Waals surface area contributed by atoms with Crippen LogP contribution in [-0.4, -0.2) is 11.8 Å². The van der Waals surface area contributed by atoms with Gasteiger partial charge in [-0.25, -0.2) is 0 Å². The number of aryl methyl sites for hydroxylation is 1. The molecule has 0 aliphatic rings. The molecule has 1 heterocycles. The third kappa shape index (κ3) is 4.28. The van der Waals surface area contributed by atoms with Crippen LogP contribution in [0.25, 0.3) is 0 Å². The molecule has 0 unspecified atom stereocenters. The lowest BCUT2D eigenvalue weighted by Crippen LogP contribution is -2.14. The third-order valence-electron chi connectivity index (χ3n) is 2.54. The zero-order chi connectivity index (χ0) is 14.5. The first-order valence-corrected chi connectivity index (χ1v) is 6.70. The van der Waals surface area contributed by atoms with Crippen molar-refractivity contribution < 1.29 is 18.0 Å². The smallest absolute Gasteiger partial charge is 0.387 e. The van der Waals surface area contributed by atoms with Gasteiger partial charge in [-0.2, -0.15) is 8.78 Å². The van der Waals surface area contributed by atoms with Crippen molar-refractivity contribution in [2.75, 3.05) is 0 Å². The second kappa shape index (κ2) is 6.81. The van der Waals surface area contributed by atoms with E-state index in [0.717, 1.165) is 15.9 Å². The molecule has 1 N–H and O–H groups in total. The predicted molar refractivity (Wildman–Crippen MR) is 72.6 cm³/mol. The van der Waals surface area contributed by atoms with Gasteiger partial charge < -0.3 is 14.6 Å². The molecular weight excluding hydrogens is 334 g/mol. The summed E-state index contributed by atoms with van der Waals surface area (Å²) in [6.45, 7) is -0.168. The maximum atomic E-state index is 12.3. The maximum absolute atomic E-state index is 12.3. The van der Waals surface area contributed by atoms with Crippen molar-refractivity contribution in [1.29, 1.82) is 0 Å². The van der Waals surface area contributed by atoms with Crippen molar-refractivity contribution in [2.24, 2.45) is 0 Å². The van der Waals surface area contributed by atoms with Crippen LogP contribution < -0.4 is 10.1 Å². The molecule has 0 aliphatic carbocycles. The van der Waals surface area contributed by atoms with Crippen molar-refractivity contribution in [2.45, 2.75) is 26.6 Å². The molecule has 2 rings (SSSR count). The Morgan fingerprint density at radius 1 is 1.35 bits per heavy atom. The molecule has 1 aromatic carbocycles. The van der Waals surface area contributed by atoms with Crippen molar-refractivity contribution in [1.82, 2.24) is 10.5 Å². The van der Waals surface area contributed by atoms with E-state index in [1.54, 1.807) is 19.1 Å². The number of nitrogens with one attached hydrogen (secondary N) is 1. The minimum atomic E-state index is -2.84. The fourth-order valence-electron chi connectivity index (χ4n) is 1.72. The van der Waals surface area contributed by atoms with E-state index in [2.05, 4.69) is 31.1 Å². The standard InChI is InChI=1S/C13H13BrF2N2O2/c1-8-4-11(18-20-8)7-17-6-9-5-10(14)2-3-12(9)19-13(15)16/h2-5,13,17H,6-7H2,1H3. The molecule has 0 radical (unpaired) electrons. The van der Waals surface area contributed by atoms with Crippen molar-refractivity contribution >= 4 is 15.9 Å². The van der Waals surface area contributed by atoms with Crippen LogP contribution in [0.15, 0.2) is 33.3 Å². The molecule has 0 saturated carbocycles. The second-order valence-electron chi connectivity index (χ2n) is 4.16. The van der Waals surface area contributed by atoms with Gasteiger partial charge in [0.1, 0.15) is 11.5 Å². The summed E-state index contributed by atoms with van der Waals surface area (Å²) in [6, 6.07) is 6.71. The van der Waals surface area contributed by atoms with Crippen LogP contribution in [0.5, 0.6) is 5.75 Å². The summed E-state index contributed by atoms with van der Waals surface area (Å²) in [5.41, 5.74) is 1.40. The number of aromatic nitrogens is 1. The maximum Gasteiger partial charge on any atom is 0.387 e. The number of halogens is 3. The van der Waals surface area contributed by atoms with E-state index in [0.29, 0.717) is 18.7 Å². The number of hydrogen-bond donors (Lipinski definition) is 1. The first kappa shape index (κ1) is 14.9. The minimum absolute atomic E-state index is 0.159. The monoisotopic (exact) mass is 346 g/mol. The van der Waals surface area contributed by atoms with E-state index in [4.69, 9.17) is 4.52 Å². The van der Waals surface area contributed by atoms with E-state index >= 15 is 0 Å². The fourth-order valence-corrected chi connectivity index (χ4v) is 2.13. The van der Waals surface area contributed by atoms with Gasteiger partial charge in [0, 0.05) is 29.2 Å². The van der Waals surface area contributed by atoms with Gasteiger partial charge in [0.2, 0.25) is 0 Å². The van der Waals surface area contributed by atoms with Crippen molar-refractivity contribution in [3.8, 4) is 5.75 Å². The number of nitrogens with zero attached hydrogens (tertiary/aromatic N) is 1. The van der Waals surface area contributed by atoms with Gasteiger partial charge >= 0.3 is 6.61 Å². The molecule has 1 aromatic heterocycles. The lowest BCUT2D eigenvalue weighted by atomic mass is 10.2. The van der Waals surface area contributed by atoms with Gasteiger partial charge in [0.15, 0.2) is 0 Å². The average molecular weight is 347 g/mol. The average Bonchev–Trinajstić information content (AvgIpc) is 2.78. The van der Waals surface area contributed by atoms with Crippen LogP contribution in [0.1, 0.15) is 17.0 Å². The first-order valence-electron chi connectivity index (χ1n) is 5.91. The highest BCUT2D eigenvalue weighted by atomic mass is 79.9. The van der Waals surface area contributed by atoms with Crippen LogP contribution in [0.3, 0.4) is 0 Å². The Morgan fingerprint density at radius 3 is 2.80 bits per heavy atom. The van der Waals surface area contributed by atoms with E-state index in [-0.39, 0.29) is 5.75 Å². The summed E-state index contributed by atoms with van der Waals surface area (Å²) in [5.74, 6) is 0.887. The summed E-state index contributed by atoms with van der Waals surface area (Å²) in [7, 11) is 0.